The first kappa shape index (κ1) is 9.46. The second kappa shape index (κ2) is 3.85. The minimum Gasteiger partial charge on any atom is -0.274 e. The standard InChI is InChI=1S/C8H14OS2/c1-3-4-8(2)5-10-7(9)11-6-8/h3-6H2,1-2H3. The first-order valence-electron chi connectivity index (χ1n) is 3.96. The van der Waals surface area contributed by atoms with E-state index in [9.17, 15) is 4.79 Å². The van der Waals surface area contributed by atoms with Crippen LogP contribution in [0.1, 0.15) is 26.7 Å². The number of hydrogen-bond acceptors (Lipinski definition) is 3. The van der Waals surface area contributed by atoms with Crippen molar-refractivity contribution in [2.45, 2.75) is 26.7 Å². The number of thioether (sulfide) groups is 2. The molecule has 11 heavy (non-hydrogen) atoms. The van der Waals surface area contributed by atoms with E-state index in [1.807, 2.05) is 0 Å². The summed E-state index contributed by atoms with van der Waals surface area (Å²) in [6.45, 7) is 4.49. The van der Waals surface area contributed by atoms with Gasteiger partial charge >= 0.3 is 0 Å². The van der Waals surface area contributed by atoms with E-state index in [1.165, 1.54) is 36.4 Å². The van der Waals surface area contributed by atoms with Gasteiger partial charge in [-0.2, -0.15) is 0 Å². The molecule has 0 N–H and O–H groups in total. The largest absolute Gasteiger partial charge is 0.274 e. The summed E-state index contributed by atoms with van der Waals surface area (Å²) in [5.41, 5.74) is 0.415. The molecule has 0 amide bonds. The van der Waals surface area contributed by atoms with Crippen molar-refractivity contribution in [3.05, 3.63) is 0 Å². The predicted octanol–water partition coefficient (Wildman–Crippen LogP) is 3.39. The zero-order chi connectivity index (χ0) is 8.32. The third-order valence-electron chi connectivity index (χ3n) is 1.93. The zero-order valence-corrected chi connectivity index (χ0v) is 8.69. The summed E-state index contributed by atoms with van der Waals surface area (Å²) in [6, 6.07) is 0. The summed E-state index contributed by atoms with van der Waals surface area (Å²) < 4.78 is 0.304. The van der Waals surface area contributed by atoms with E-state index in [1.54, 1.807) is 0 Å². The maximum atomic E-state index is 10.9. The normalized spacial score (nSPS) is 23.6. The lowest BCUT2D eigenvalue weighted by Crippen LogP contribution is -2.26. The molecule has 0 atom stereocenters. The number of carbonyl (C=O) groups is 1. The summed E-state index contributed by atoms with van der Waals surface area (Å²) in [5, 5.41) is 0. The van der Waals surface area contributed by atoms with Gasteiger partial charge in [0.25, 0.3) is 0 Å². The van der Waals surface area contributed by atoms with Crippen LogP contribution < -0.4 is 0 Å². The molecule has 0 aliphatic carbocycles. The van der Waals surface area contributed by atoms with Crippen LogP contribution in [0.15, 0.2) is 0 Å². The van der Waals surface area contributed by atoms with Gasteiger partial charge in [0.15, 0.2) is 0 Å². The highest BCUT2D eigenvalue weighted by molar-refractivity contribution is 8.39. The van der Waals surface area contributed by atoms with Crippen LogP contribution in [0.25, 0.3) is 0 Å². The Morgan fingerprint density at radius 3 is 2.45 bits per heavy atom. The molecule has 3 heteroatoms. The first-order chi connectivity index (χ1) is 5.16. The van der Waals surface area contributed by atoms with Crippen molar-refractivity contribution >= 4 is 28.0 Å². The molecule has 1 heterocycles. The third-order valence-corrected chi connectivity index (χ3v) is 4.79. The Balaban J connectivity index is 2.41. The van der Waals surface area contributed by atoms with Crippen LogP contribution >= 0.6 is 23.5 Å². The van der Waals surface area contributed by atoms with Gasteiger partial charge in [-0.3, -0.25) is 4.79 Å². The Bertz CT molecular complexity index is 146. The lowest BCUT2D eigenvalue weighted by atomic mass is 9.90. The fraction of sp³-hybridized carbons (Fsp3) is 0.875. The van der Waals surface area contributed by atoms with Crippen LogP contribution in [0.4, 0.5) is 4.79 Å². The molecule has 0 aromatic carbocycles. The minimum absolute atomic E-state index is 0.304. The average Bonchev–Trinajstić information content (AvgIpc) is 1.97. The molecule has 0 bridgehead atoms. The average molecular weight is 190 g/mol. The van der Waals surface area contributed by atoms with E-state index in [0.717, 1.165) is 11.5 Å². The van der Waals surface area contributed by atoms with Gasteiger partial charge in [0.1, 0.15) is 0 Å². The van der Waals surface area contributed by atoms with E-state index >= 15 is 0 Å². The van der Waals surface area contributed by atoms with Crippen LogP contribution in [0.2, 0.25) is 0 Å². The molecule has 1 aliphatic rings. The predicted molar refractivity (Wildman–Crippen MR) is 53.3 cm³/mol. The van der Waals surface area contributed by atoms with Gasteiger partial charge in [0, 0.05) is 11.5 Å². The van der Waals surface area contributed by atoms with Crippen LogP contribution in [0.3, 0.4) is 0 Å². The summed E-state index contributed by atoms with van der Waals surface area (Å²) in [5.74, 6) is 2.04. The van der Waals surface area contributed by atoms with Crippen LogP contribution in [0, 0.1) is 5.41 Å². The van der Waals surface area contributed by atoms with Crippen LogP contribution in [-0.2, 0) is 0 Å². The van der Waals surface area contributed by atoms with Crippen molar-refractivity contribution < 1.29 is 4.79 Å². The van der Waals surface area contributed by atoms with E-state index in [4.69, 9.17) is 0 Å². The second-order valence-electron chi connectivity index (χ2n) is 3.39. The van der Waals surface area contributed by atoms with Gasteiger partial charge < -0.3 is 0 Å². The van der Waals surface area contributed by atoms with E-state index in [0.29, 0.717) is 9.86 Å². The van der Waals surface area contributed by atoms with Crippen LogP contribution in [0.5, 0.6) is 0 Å². The van der Waals surface area contributed by atoms with Crippen molar-refractivity contribution in [2.75, 3.05) is 11.5 Å². The molecular weight excluding hydrogens is 176 g/mol. The Labute approximate surface area is 76.7 Å². The maximum absolute atomic E-state index is 10.9. The molecule has 0 unspecified atom stereocenters. The highest BCUT2D eigenvalue weighted by Gasteiger charge is 2.30. The second-order valence-corrected chi connectivity index (χ2v) is 5.54. The molecule has 1 nitrogen and oxygen atoms in total. The summed E-state index contributed by atoms with van der Waals surface area (Å²) in [7, 11) is 0. The third kappa shape index (κ3) is 2.71. The van der Waals surface area contributed by atoms with Crippen molar-refractivity contribution in [1.29, 1.82) is 0 Å². The van der Waals surface area contributed by atoms with Gasteiger partial charge in [-0.15, -0.1) is 0 Å². The molecular formula is C8H14OS2. The molecule has 1 aliphatic heterocycles. The van der Waals surface area contributed by atoms with Gasteiger partial charge in [-0.05, 0) is 11.8 Å². The van der Waals surface area contributed by atoms with Crippen molar-refractivity contribution in [1.82, 2.24) is 0 Å². The lowest BCUT2D eigenvalue weighted by Gasteiger charge is -2.31. The Hall–Kier alpha value is 0.370. The molecule has 1 fully saturated rings. The van der Waals surface area contributed by atoms with Crippen molar-refractivity contribution in [3.8, 4) is 0 Å². The summed E-state index contributed by atoms with van der Waals surface area (Å²) >= 11 is 2.98. The van der Waals surface area contributed by atoms with Gasteiger partial charge in [-0.1, -0.05) is 43.8 Å². The molecule has 0 aromatic heterocycles. The molecule has 0 aromatic rings. The molecule has 1 rings (SSSR count). The van der Waals surface area contributed by atoms with Gasteiger partial charge in [0.2, 0.25) is 4.45 Å². The van der Waals surface area contributed by atoms with Gasteiger partial charge in [0.05, 0.1) is 0 Å². The number of hydrogen-bond donors (Lipinski definition) is 0. The fourth-order valence-corrected chi connectivity index (χ4v) is 3.54. The van der Waals surface area contributed by atoms with Crippen molar-refractivity contribution in [2.24, 2.45) is 5.41 Å². The first-order valence-corrected chi connectivity index (χ1v) is 5.93. The molecule has 0 saturated carbocycles. The van der Waals surface area contributed by atoms with E-state index in [2.05, 4.69) is 13.8 Å². The van der Waals surface area contributed by atoms with E-state index in [-0.39, 0.29) is 0 Å². The topological polar surface area (TPSA) is 17.1 Å². The summed E-state index contributed by atoms with van der Waals surface area (Å²) in [6.07, 6.45) is 2.48. The Morgan fingerprint density at radius 1 is 1.45 bits per heavy atom. The fourth-order valence-electron chi connectivity index (χ4n) is 1.30. The zero-order valence-electron chi connectivity index (χ0n) is 7.05. The minimum atomic E-state index is 0.304. The monoisotopic (exact) mass is 190 g/mol. The molecule has 0 radical (unpaired) electrons. The molecule has 1 saturated heterocycles. The lowest BCUT2D eigenvalue weighted by molar-refractivity contribution is 0.275. The molecule has 0 spiro atoms. The quantitative estimate of drug-likeness (QED) is 0.664. The van der Waals surface area contributed by atoms with E-state index < -0.39 is 0 Å². The maximum Gasteiger partial charge on any atom is 0.246 e. The smallest absolute Gasteiger partial charge is 0.246 e. The highest BCUT2D eigenvalue weighted by Crippen LogP contribution is 2.39. The summed E-state index contributed by atoms with van der Waals surface area (Å²) in [4.78, 5) is 10.9. The van der Waals surface area contributed by atoms with Crippen molar-refractivity contribution in [3.63, 3.8) is 0 Å². The van der Waals surface area contributed by atoms with Crippen LogP contribution in [-0.4, -0.2) is 16.0 Å². The highest BCUT2D eigenvalue weighted by atomic mass is 32.2. The Kier molecular flexibility index (Phi) is 3.31. The number of carbonyl (C=O) groups excluding carboxylic acids is 1. The van der Waals surface area contributed by atoms with Gasteiger partial charge in [-0.25, -0.2) is 0 Å². The SMILES string of the molecule is CCCC1(C)CSC(=O)SC1. The number of rotatable bonds is 2. The Morgan fingerprint density at radius 2 is 2.00 bits per heavy atom. The molecule has 64 valence electrons.